The number of amides is 1. The number of aryl methyl sites for hydroxylation is 2. The molecule has 1 amide bonds. The Morgan fingerprint density at radius 3 is 2.77 bits per heavy atom. The number of aromatic amines is 2. The molecule has 1 saturated heterocycles. The standard InChI is InChI=1S/C23H28FN5O2/c1-13-6-7-15(11-16(13)24)17-8-9-19(27-17)23(31)29-21(18-5-3-4-10-25-18)22-26-14(2)20(12-30)28-22/h6-9,11,18,21,25,27,30H,3-5,10,12H2,1-2H3,(H,26,28)(H,29,31). The Morgan fingerprint density at radius 2 is 2.10 bits per heavy atom. The summed E-state index contributed by atoms with van der Waals surface area (Å²) in [6, 6.07) is 8.13. The highest BCUT2D eigenvalue weighted by molar-refractivity contribution is 5.93. The summed E-state index contributed by atoms with van der Waals surface area (Å²) >= 11 is 0. The largest absolute Gasteiger partial charge is 0.390 e. The fourth-order valence-electron chi connectivity index (χ4n) is 4.02. The maximum atomic E-state index is 13.9. The molecule has 1 aliphatic heterocycles. The highest BCUT2D eigenvalue weighted by atomic mass is 19.1. The molecule has 2 unspecified atom stereocenters. The molecule has 3 heterocycles. The Labute approximate surface area is 180 Å². The van der Waals surface area contributed by atoms with Gasteiger partial charge in [0.15, 0.2) is 0 Å². The second-order valence-corrected chi connectivity index (χ2v) is 8.11. The molecular weight excluding hydrogens is 397 g/mol. The van der Waals surface area contributed by atoms with Crippen LogP contribution in [0.15, 0.2) is 30.3 Å². The fraction of sp³-hybridized carbons (Fsp3) is 0.391. The van der Waals surface area contributed by atoms with Gasteiger partial charge in [-0.3, -0.25) is 4.79 Å². The summed E-state index contributed by atoms with van der Waals surface area (Å²) in [7, 11) is 0. The lowest BCUT2D eigenvalue weighted by atomic mass is 9.97. The quantitative estimate of drug-likeness (QED) is 0.418. The maximum Gasteiger partial charge on any atom is 0.268 e. The number of piperidine rings is 1. The highest BCUT2D eigenvalue weighted by Crippen LogP contribution is 2.24. The molecule has 2 aromatic heterocycles. The van der Waals surface area contributed by atoms with Crippen molar-refractivity contribution in [3.8, 4) is 11.3 Å². The first-order valence-corrected chi connectivity index (χ1v) is 10.6. The fourth-order valence-corrected chi connectivity index (χ4v) is 4.02. The van der Waals surface area contributed by atoms with Crippen molar-refractivity contribution < 1.29 is 14.3 Å². The van der Waals surface area contributed by atoms with E-state index in [4.69, 9.17) is 0 Å². The lowest BCUT2D eigenvalue weighted by Crippen LogP contribution is -2.46. The molecule has 3 aromatic rings. The van der Waals surface area contributed by atoms with Gasteiger partial charge in [-0.2, -0.15) is 0 Å². The molecule has 8 heteroatoms. The van der Waals surface area contributed by atoms with E-state index in [1.54, 1.807) is 25.1 Å². The molecule has 0 spiro atoms. The predicted octanol–water partition coefficient (Wildman–Crippen LogP) is 3.27. The van der Waals surface area contributed by atoms with Crippen LogP contribution in [0.4, 0.5) is 4.39 Å². The number of carbonyl (C=O) groups excluding carboxylic acids is 1. The first-order chi connectivity index (χ1) is 15.0. The van der Waals surface area contributed by atoms with Crippen molar-refractivity contribution in [2.24, 2.45) is 0 Å². The Kier molecular flexibility index (Phi) is 6.20. The molecule has 2 atom stereocenters. The number of aromatic nitrogens is 3. The minimum absolute atomic E-state index is 0.0374. The third-order valence-electron chi connectivity index (χ3n) is 5.90. The number of aliphatic hydroxyl groups is 1. The number of H-pyrrole nitrogens is 2. The molecule has 31 heavy (non-hydrogen) atoms. The van der Waals surface area contributed by atoms with E-state index >= 15 is 0 Å². The summed E-state index contributed by atoms with van der Waals surface area (Å²) in [6.45, 7) is 4.29. The molecule has 1 aromatic carbocycles. The summed E-state index contributed by atoms with van der Waals surface area (Å²) in [4.78, 5) is 23.9. The van der Waals surface area contributed by atoms with Gasteiger partial charge in [-0.15, -0.1) is 0 Å². The van der Waals surface area contributed by atoms with E-state index in [0.29, 0.717) is 34.0 Å². The van der Waals surface area contributed by atoms with Crippen LogP contribution in [0.1, 0.15) is 58.6 Å². The maximum absolute atomic E-state index is 13.9. The van der Waals surface area contributed by atoms with E-state index in [9.17, 15) is 14.3 Å². The third kappa shape index (κ3) is 4.55. The van der Waals surface area contributed by atoms with Crippen LogP contribution in [-0.2, 0) is 6.61 Å². The zero-order valence-corrected chi connectivity index (χ0v) is 17.8. The summed E-state index contributed by atoms with van der Waals surface area (Å²) in [6.07, 6.45) is 3.09. The molecule has 0 bridgehead atoms. The topological polar surface area (TPSA) is 106 Å². The van der Waals surface area contributed by atoms with Gasteiger partial charge in [0.25, 0.3) is 5.91 Å². The highest BCUT2D eigenvalue weighted by Gasteiger charge is 2.30. The number of rotatable bonds is 6. The van der Waals surface area contributed by atoms with Gasteiger partial charge in [0.05, 0.1) is 12.3 Å². The van der Waals surface area contributed by atoms with Crippen LogP contribution in [0.5, 0.6) is 0 Å². The van der Waals surface area contributed by atoms with Gasteiger partial charge in [0, 0.05) is 23.0 Å². The van der Waals surface area contributed by atoms with E-state index in [0.717, 1.165) is 31.5 Å². The number of benzene rings is 1. The Hall–Kier alpha value is -2.97. The van der Waals surface area contributed by atoms with Crippen LogP contribution in [0.25, 0.3) is 11.3 Å². The summed E-state index contributed by atoms with van der Waals surface area (Å²) in [5.41, 5.74) is 3.69. The van der Waals surface area contributed by atoms with E-state index in [1.807, 2.05) is 13.0 Å². The van der Waals surface area contributed by atoms with E-state index in [-0.39, 0.29) is 30.4 Å². The van der Waals surface area contributed by atoms with Crippen molar-refractivity contribution in [1.82, 2.24) is 25.6 Å². The second-order valence-electron chi connectivity index (χ2n) is 8.11. The summed E-state index contributed by atoms with van der Waals surface area (Å²) in [5, 5.41) is 16.1. The molecular formula is C23H28FN5O2. The van der Waals surface area contributed by atoms with Crippen LogP contribution >= 0.6 is 0 Å². The summed E-state index contributed by atoms with van der Waals surface area (Å²) < 4.78 is 13.9. The van der Waals surface area contributed by atoms with E-state index in [2.05, 4.69) is 25.6 Å². The molecule has 0 saturated carbocycles. The van der Waals surface area contributed by atoms with Crippen molar-refractivity contribution in [3.63, 3.8) is 0 Å². The number of hydrogen-bond acceptors (Lipinski definition) is 4. The number of aliphatic hydroxyl groups excluding tert-OH is 1. The van der Waals surface area contributed by atoms with Crippen molar-refractivity contribution >= 4 is 5.91 Å². The van der Waals surface area contributed by atoms with Crippen molar-refractivity contribution in [2.75, 3.05) is 6.54 Å². The average molecular weight is 426 g/mol. The number of halogens is 1. The van der Waals surface area contributed by atoms with Gasteiger partial charge in [-0.05, 0) is 57.0 Å². The molecule has 7 nitrogen and oxygen atoms in total. The van der Waals surface area contributed by atoms with Crippen LogP contribution in [0.2, 0.25) is 0 Å². The van der Waals surface area contributed by atoms with Crippen LogP contribution in [0.3, 0.4) is 0 Å². The third-order valence-corrected chi connectivity index (χ3v) is 5.90. The number of nitrogens with zero attached hydrogens (tertiary/aromatic N) is 1. The summed E-state index contributed by atoms with van der Waals surface area (Å²) in [5.74, 6) is 0.0758. The molecule has 1 aliphatic rings. The minimum Gasteiger partial charge on any atom is -0.390 e. The molecule has 5 N–H and O–H groups in total. The molecule has 0 aliphatic carbocycles. The zero-order valence-electron chi connectivity index (χ0n) is 17.8. The molecule has 0 radical (unpaired) electrons. The first kappa shape index (κ1) is 21.3. The predicted molar refractivity (Wildman–Crippen MR) is 116 cm³/mol. The first-order valence-electron chi connectivity index (χ1n) is 10.6. The van der Waals surface area contributed by atoms with Gasteiger partial charge in [0.2, 0.25) is 0 Å². The van der Waals surface area contributed by atoms with Crippen LogP contribution in [-0.4, -0.2) is 38.6 Å². The van der Waals surface area contributed by atoms with Gasteiger partial charge >= 0.3 is 0 Å². The van der Waals surface area contributed by atoms with Gasteiger partial charge in [-0.1, -0.05) is 18.6 Å². The van der Waals surface area contributed by atoms with E-state index in [1.165, 1.54) is 6.07 Å². The Morgan fingerprint density at radius 1 is 1.26 bits per heavy atom. The van der Waals surface area contributed by atoms with Crippen molar-refractivity contribution in [1.29, 1.82) is 0 Å². The Bertz CT molecular complexity index is 1070. The van der Waals surface area contributed by atoms with Crippen LogP contribution in [0, 0.1) is 19.7 Å². The van der Waals surface area contributed by atoms with Crippen LogP contribution < -0.4 is 10.6 Å². The SMILES string of the molecule is Cc1ccc(-c2ccc(C(=O)NC(c3nc(CO)c(C)[nH]3)C3CCCCN3)[nH]2)cc1F. The number of imidazole rings is 1. The monoisotopic (exact) mass is 425 g/mol. The van der Waals surface area contributed by atoms with Gasteiger partial charge in [0.1, 0.15) is 23.4 Å². The Balaban J connectivity index is 1.57. The lowest BCUT2D eigenvalue weighted by Gasteiger charge is -2.30. The normalized spacial score (nSPS) is 17.5. The lowest BCUT2D eigenvalue weighted by molar-refractivity contribution is 0.0916. The number of nitrogens with one attached hydrogen (secondary N) is 4. The zero-order chi connectivity index (χ0) is 22.0. The average Bonchev–Trinajstić information content (AvgIpc) is 3.41. The smallest absolute Gasteiger partial charge is 0.268 e. The number of carbonyl (C=O) groups is 1. The second kappa shape index (κ2) is 9.03. The minimum atomic E-state index is -0.365. The molecule has 4 rings (SSSR count). The molecule has 1 fully saturated rings. The van der Waals surface area contributed by atoms with Crippen molar-refractivity contribution in [3.05, 3.63) is 64.6 Å². The number of hydrogen-bond donors (Lipinski definition) is 5. The van der Waals surface area contributed by atoms with Crippen molar-refractivity contribution in [2.45, 2.75) is 51.8 Å². The van der Waals surface area contributed by atoms with Gasteiger partial charge in [-0.25, -0.2) is 9.37 Å². The van der Waals surface area contributed by atoms with Gasteiger partial charge < -0.3 is 25.7 Å². The molecule has 164 valence electrons. The van der Waals surface area contributed by atoms with E-state index < -0.39 is 0 Å².